The Morgan fingerprint density at radius 2 is 1.88 bits per heavy atom. The second kappa shape index (κ2) is 10.3. The van der Waals surface area contributed by atoms with Gasteiger partial charge in [-0.2, -0.15) is 4.31 Å². The van der Waals surface area contributed by atoms with Crippen molar-refractivity contribution in [3.8, 4) is 0 Å². The van der Waals surface area contributed by atoms with Gasteiger partial charge in [-0.3, -0.25) is 4.79 Å². The number of hydrogen-bond donors (Lipinski definition) is 0. The molecular formula is C24H23Cl2FN2O3S2. The van der Waals surface area contributed by atoms with Crippen molar-refractivity contribution in [1.29, 1.82) is 0 Å². The SMILES string of the molecule is CCCN(CC(=O)N1CCc2sccc2[C@@H]1c1ccc(Cl)cc1Cl)S(=O)(=O)c1ccc(F)cc1. The fourth-order valence-corrected chi connectivity index (χ4v) is 7.07. The molecule has 0 aliphatic carbocycles. The van der Waals surface area contributed by atoms with E-state index in [2.05, 4.69) is 0 Å². The Bertz CT molecular complexity index is 1300. The lowest BCUT2D eigenvalue weighted by molar-refractivity contribution is -0.133. The van der Waals surface area contributed by atoms with Gasteiger partial charge in [-0.15, -0.1) is 11.3 Å². The molecule has 1 amide bonds. The van der Waals surface area contributed by atoms with Crippen LogP contribution in [0.25, 0.3) is 0 Å². The molecule has 1 aliphatic heterocycles. The normalized spacial score (nSPS) is 16.0. The van der Waals surface area contributed by atoms with Crippen LogP contribution < -0.4 is 0 Å². The molecule has 4 rings (SSSR count). The first-order valence-corrected chi connectivity index (χ1v) is 13.9. The summed E-state index contributed by atoms with van der Waals surface area (Å²) in [6.45, 7) is 2.11. The molecule has 0 saturated carbocycles. The number of hydrogen-bond acceptors (Lipinski definition) is 4. The largest absolute Gasteiger partial charge is 0.330 e. The number of sulfonamides is 1. The maximum absolute atomic E-state index is 13.6. The smallest absolute Gasteiger partial charge is 0.243 e. The molecule has 0 bridgehead atoms. The highest BCUT2D eigenvalue weighted by molar-refractivity contribution is 7.89. The van der Waals surface area contributed by atoms with Crippen LogP contribution in [-0.4, -0.2) is 43.2 Å². The van der Waals surface area contributed by atoms with Crippen molar-refractivity contribution in [3.63, 3.8) is 0 Å². The van der Waals surface area contributed by atoms with E-state index < -0.39 is 21.9 Å². The molecule has 34 heavy (non-hydrogen) atoms. The highest BCUT2D eigenvalue weighted by atomic mass is 35.5. The number of carbonyl (C=O) groups is 1. The predicted molar refractivity (Wildman–Crippen MR) is 133 cm³/mol. The van der Waals surface area contributed by atoms with Gasteiger partial charge in [0.2, 0.25) is 15.9 Å². The number of carbonyl (C=O) groups excluding carboxylic acids is 1. The average Bonchev–Trinajstić information content (AvgIpc) is 3.28. The predicted octanol–water partition coefficient (Wildman–Crippen LogP) is 5.77. The fraction of sp³-hybridized carbons (Fsp3) is 0.292. The lowest BCUT2D eigenvalue weighted by Gasteiger charge is -2.37. The second-order valence-corrected chi connectivity index (χ2v) is 11.8. The summed E-state index contributed by atoms with van der Waals surface area (Å²) in [6, 6.07) is 11.3. The second-order valence-electron chi connectivity index (χ2n) is 8.00. The number of halogens is 3. The zero-order valence-electron chi connectivity index (χ0n) is 18.4. The van der Waals surface area contributed by atoms with Crippen LogP contribution in [0, 0.1) is 5.82 Å². The highest BCUT2D eigenvalue weighted by Crippen LogP contribution is 2.41. The number of fused-ring (bicyclic) bond motifs is 1. The van der Waals surface area contributed by atoms with E-state index in [1.807, 2.05) is 18.4 Å². The summed E-state index contributed by atoms with van der Waals surface area (Å²) in [7, 11) is -3.98. The fourth-order valence-electron chi connectivity index (χ4n) is 4.17. The minimum absolute atomic E-state index is 0.0498. The first-order chi connectivity index (χ1) is 16.2. The van der Waals surface area contributed by atoms with E-state index in [1.54, 1.807) is 34.4 Å². The van der Waals surface area contributed by atoms with Crippen molar-refractivity contribution >= 4 is 50.5 Å². The van der Waals surface area contributed by atoms with Crippen molar-refractivity contribution in [3.05, 3.63) is 85.8 Å². The Labute approximate surface area is 212 Å². The van der Waals surface area contributed by atoms with Gasteiger partial charge in [0, 0.05) is 28.0 Å². The zero-order chi connectivity index (χ0) is 24.5. The lowest BCUT2D eigenvalue weighted by atomic mass is 9.93. The van der Waals surface area contributed by atoms with Crippen molar-refractivity contribution < 1.29 is 17.6 Å². The standard InChI is InChI=1S/C24H23Cl2FN2O3S2/c1-2-11-28(34(31,32)18-6-4-17(27)5-7-18)15-23(30)29-12-9-22-20(10-13-33-22)24(29)19-8-3-16(25)14-21(19)26/h3-8,10,13-14,24H,2,9,11-12,15H2,1H3/t24-/m0/s1. The van der Waals surface area contributed by atoms with E-state index in [-0.39, 0.29) is 23.9 Å². The first kappa shape index (κ1) is 25.1. The quantitative estimate of drug-likeness (QED) is 0.382. The minimum Gasteiger partial charge on any atom is -0.330 e. The number of rotatable bonds is 7. The summed E-state index contributed by atoms with van der Waals surface area (Å²) in [5.41, 5.74) is 1.72. The van der Waals surface area contributed by atoms with Gasteiger partial charge < -0.3 is 4.90 Å². The van der Waals surface area contributed by atoms with Crippen molar-refractivity contribution in [1.82, 2.24) is 9.21 Å². The van der Waals surface area contributed by atoms with Crippen molar-refractivity contribution in [2.24, 2.45) is 0 Å². The molecule has 1 aliphatic rings. The van der Waals surface area contributed by atoms with Crippen LogP contribution in [-0.2, 0) is 21.2 Å². The summed E-state index contributed by atoms with van der Waals surface area (Å²) in [5, 5.41) is 2.92. The molecule has 0 spiro atoms. The molecule has 1 atom stereocenters. The molecular weight excluding hydrogens is 518 g/mol. The van der Waals surface area contributed by atoms with E-state index in [9.17, 15) is 17.6 Å². The third kappa shape index (κ3) is 5.02. The average molecular weight is 541 g/mol. The Hall–Kier alpha value is -1.97. The molecule has 0 unspecified atom stereocenters. The van der Waals surface area contributed by atoms with E-state index in [4.69, 9.17) is 23.2 Å². The van der Waals surface area contributed by atoms with Gasteiger partial charge in [0.25, 0.3) is 0 Å². The monoisotopic (exact) mass is 540 g/mol. The number of thiophene rings is 1. The Balaban J connectivity index is 1.67. The summed E-state index contributed by atoms with van der Waals surface area (Å²) in [6.07, 6.45) is 1.20. The summed E-state index contributed by atoms with van der Waals surface area (Å²) in [5.74, 6) is -0.855. The van der Waals surface area contributed by atoms with Crippen LogP contribution >= 0.6 is 34.5 Å². The molecule has 0 N–H and O–H groups in total. The molecule has 1 aromatic heterocycles. The van der Waals surface area contributed by atoms with Crippen LogP contribution in [0.5, 0.6) is 0 Å². The minimum atomic E-state index is -3.98. The Kier molecular flexibility index (Phi) is 7.64. The number of amides is 1. The van der Waals surface area contributed by atoms with Crippen molar-refractivity contribution in [2.75, 3.05) is 19.6 Å². The van der Waals surface area contributed by atoms with Crippen LogP contribution in [0.15, 0.2) is 58.8 Å². The number of benzene rings is 2. The van der Waals surface area contributed by atoms with Crippen LogP contribution in [0.1, 0.15) is 35.4 Å². The van der Waals surface area contributed by atoms with Gasteiger partial charge in [-0.25, -0.2) is 12.8 Å². The van der Waals surface area contributed by atoms with Gasteiger partial charge in [0.15, 0.2) is 0 Å². The Morgan fingerprint density at radius 3 is 2.56 bits per heavy atom. The topological polar surface area (TPSA) is 57.7 Å². The third-order valence-corrected chi connectivity index (χ3v) is 9.20. The summed E-state index contributed by atoms with van der Waals surface area (Å²) in [4.78, 5) is 16.4. The molecule has 2 heterocycles. The van der Waals surface area contributed by atoms with Crippen LogP contribution in [0.3, 0.4) is 0 Å². The van der Waals surface area contributed by atoms with E-state index in [0.717, 1.165) is 27.6 Å². The van der Waals surface area contributed by atoms with E-state index >= 15 is 0 Å². The number of nitrogens with zero attached hydrogens (tertiary/aromatic N) is 2. The molecule has 3 aromatic rings. The van der Waals surface area contributed by atoms with Gasteiger partial charge in [0.05, 0.1) is 17.5 Å². The van der Waals surface area contributed by atoms with Crippen molar-refractivity contribution in [2.45, 2.75) is 30.7 Å². The molecule has 180 valence electrons. The maximum Gasteiger partial charge on any atom is 0.243 e. The molecule has 0 saturated heterocycles. The first-order valence-electron chi connectivity index (χ1n) is 10.8. The Morgan fingerprint density at radius 1 is 1.15 bits per heavy atom. The van der Waals surface area contributed by atoms with Gasteiger partial charge >= 0.3 is 0 Å². The third-order valence-electron chi connectivity index (χ3n) is 5.78. The molecule has 5 nitrogen and oxygen atoms in total. The summed E-state index contributed by atoms with van der Waals surface area (Å²) >= 11 is 14.3. The van der Waals surface area contributed by atoms with Crippen LogP contribution in [0.2, 0.25) is 10.0 Å². The molecule has 2 aromatic carbocycles. The molecule has 10 heteroatoms. The van der Waals surface area contributed by atoms with Gasteiger partial charge in [-0.05, 0) is 71.8 Å². The molecule has 0 radical (unpaired) electrons. The lowest BCUT2D eigenvalue weighted by Crippen LogP contribution is -2.47. The van der Waals surface area contributed by atoms with Crippen LogP contribution in [0.4, 0.5) is 4.39 Å². The van der Waals surface area contributed by atoms with E-state index in [0.29, 0.717) is 29.4 Å². The summed E-state index contributed by atoms with van der Waals surface area (Å²) < 4.78 is 41.0. The molecule has 0 fully saturated rings. The highest BCUT2D eigenvalue weighted by Gasteiger charge is 2.36. The zero-order valence-corrected chi connectivity index (χ0v) is 21.5. The maximum atomic E-state index is 13.6. The van der Waals surface area contributed by atoms with E-state index in [1.165, 1.54) is 17.0 Å². The van der Waals surface area contributed by atoms with Gasteiger partial charge in [0.1, 0.15) is 5.82 Å². The van der Waals surface area contributed by atoms with Gasteiger partial charge in [-0.1, -0.05) is 36.2 Å².